The maximum absolute atomic E-state index is 12.4. The van der Waals surface area contributed by atoms with Gasteiger partial charge in [0.2, 0.25) is 5.91 Å². The van der Waals surface area contributed by atoms with Gasteiger partial charge in [-0.15, -0.1) is 0 Å². The molecule has 0 unspecified atom stereocenters. The van der Waals surface area contributed by atoms with Crippen LogP contribution in [0.3, 0.4) is 0 Å². The Morgan fingerprint density at radius 2 is 2.04 bits per heavy atom. The fourth-order valence-corrected chi connectivity index (χ4v) is 2.74. The van der Waals surface area contributed by atoms with Crippen molar-refractivity contribution >= 4 is 5.91 Å². The van der Waals surface area contributed by atoms with E-state index in [1.54, 1.807) is 7.11 Å². The number of benzene rings is 1. The predicted octanol–water partition coefficient (Wildman–Crippen LogP) is 0.768. The zero-order valence-electron chi connectivity index (χ0n) is 15.8. The van der Waals surface area contributed by atoms with Gasteiger partial charge in [-0.2, -0.15) is 0 Å². The average Bonchev–Trinajstić information content (AvgIpc) is 2.65. The zero-order chi connectivity index (χ0) is 18.8. The van der Waals surface area contributed by atoms with Crippen LogP contribution in [-0.2, 0) is 20.8 Å². The molecule has 7 nitrogen and oxygen atoms in total. The van der Waals surface area contributed by atoms with Gasteiger partial charge in [-0.1, -0.05) is 12.1 Å². The number of carbonyl (C=O) groups excluding carboxylic acids is 1. The van der Waals surface area contributed by atoms with Crippen LogP contribution in [0.25, 0.3) is 0 Å². The fraction of sp³-hybridized carbons (Fsp3) is 0.632. The summed E-state index contributed by atoms with van der Waals surface area (Å²) in [6.45, 7) is 4.50. The van der Waals surface area contributed by atoms with Gasteiger partial charge in [-0.3, -0.25) is 4.79 Å². The van der Waals surface area contributed by atoms with Gasteiger partial charge in [0.05, 0.1) is 12.1 Å². The molecule has 2 rings (SSSR count). The van der Waals surface area contributed by atoms with Gasteiger partial charge in [-0.05, 0) is 37.6 Å². The van der Waals surface area contributed by atoms with Crippen molar-refractivity contribution in [3.8, 4) is 5.75 Å². The van der Waals surface area contributed by atoms with Crippen LogP contribution < -0.4 is 15.8 Å². The lowest BCUT2D eigenvalue weighted by molar-refractivity contribution is -0.129. The van der Waals surface area contributed by atoms with Crippen LogP contribution in [0.15, 0.2) is 24.3 Å². The van der Waals surface area contributed by atoms with Gasteiger partial charge < -0.3 is 30.2 Å². The van der Waals surface area contributed by atoms with Gasteiger partial charge in [-0.25, -0.2) is 0 Å². The van der Waals surface area contributed by atoms with Gasteiger partial charge in [0.1, 0.15) is 12.4 Å². The first-order valence-electron chi connectivity index (χ1n) is 9.08. The monoisotopic (exact) mass is 365 g/mol. The number of methoxy groups -OCH3 is 1. The molecule has 1 heterocycles. The number of hydrogen-bond acceptors (Lipinski definition) is 6. The molecule has 26 heavy (non-hydrogen) atoms. The molecule has 0 bridgehead atoms. The van der Waals surface area contributed by atoms with Crippen LogP contribution in [0.5, 0.6) is 5.75 Å². The lowest BCUT2D eigenvalue weighted by atomic mass is 9.90. The normalized spacial score (nSPS) is 16.5. The Morgan fingerprint density at radius 1 is 1.31 bits per heavy atom. The SMILES string of the molecule is COCCN(C)CCOc1cccc(CNC(=O)C2(N)CCOCC2)c1. The second kappa shape index (κ2) is 10.5. The van der Waals surface area contributed by atoms with E-state index >= 15 is 0 Å². The molecule has 0 aromatic heterocycles. The Morgan fingerprint density at radius 3 is 2.77 bits per heavy atom. The van der Waals surface area contributed by atoms with Crippen molar-refractivity contribution in [1.29, 1.82) is 0 Å². The van der Waals surface area contributed by atoms with E-state index in [1.165, 1.54) is 0 Å². The molecule has 1 aromatic rings. The van der Waals surface area contributed by atoms with Gasteiger partial charge >= 0.3 is 0 Å². The van der Waals surface area contributed by atoms with Crippen LogP contribution >= 0.6 is 0 Å². The van der Waals surface area contributed by atoms with E-state index in [4.69, 9.17) is 19.9 Å². The Bertz CT molecular complexity index is 561. The predicted molar refractivity (Wildman–Crippen MR) is 100 cm³/mol. The number of nitrogens with two attached hydrogens (primary N) is 1. The van der Waals surface area contributed by atoms with E-state index in [0.717, 1.165) is 24.4 Å². The highest BCUT2D eigenvalue weighted by Crippen LogP contribution is 2.18. The summed E-state index contributed by atoms with van der Waals surface area (Å²) in [7, 11) is 3.73. The van der Waals surface area contributed by atoms with Crippen molar-refractivity contribution in [3.63, 3.8) is 0 Å². The molecular formula is C19H31N3O4. The Labute approximate surface area is 155 Å². The molecular weight excluding hydrogens is 334 g/mol. The molecule has 1 aliphatic rings. The molecule has 0 atom stereocenters. The summed E-state index contributed by atoms with van der Waals surface area (Å²) in [6.07, 6.45) is 1.11. The summed E-state index contributed by atoms with van der Waals surface area (Å²) in [5.41, 5.74) is 6.36. The van der Waals surface area contributed by atoms with Crippen LogP contribution in [0, 0.1) is 0 Å². The summed E-state index contributed by atoms with van der Waals surface area (Å²) in [5, 5.41) is 2.94. The van der Waals surface area contributed by atoms with E-state index < -0.39 is 5.54 Å². The largest absolute Gasteiger partial charge is 0.492 e. The highest BCUT2D eigenvalue weighted by Gasteiger charge is 2.35. The van der Waals surface area contributed by atoms with E-state index in [1.807, 2.05) is 31.3 Å². The summed E-state index contributed by atoms with van der Waals surface area (Å²) in [6, 6.07) is 7.76. The van der Waals surface area contributed by atoms with Crippen molar-refractivity contribution in [2.75, 3.05) is 53.7 Å². The third-order valence-electron chi connectivity index (χ3n) is 4.61. The van der Waals surface area contributed by atoms with Crippen LogP contribution in [0.4, 0.5) is 0 Å². The second-order valence-corrected chi connectivity index (χ2v) is 6.74. The first kappa shape index (κ1) is 20.6. The highest BCUT2D eigenvalue weighted by molar-refractivity contribution is 5.86. The number of ether oxygens (including phenoxy) is 3. The topological polar surface area (TPSA) is 86.1 Å². The van der Waals surface area contributed by atoms with Gasteiger partial charge in [0.15, 0.2) is 0 Å². The minimum atomic E-state index is -0.820. The van der Waals surface area contributed by atoms with Crippen molar-refractivity contribution in [1.82, 2.24) is 10.2 Å². The average molecular weight is 365 g/mol. The zero-order valence-corrected chi connectivity index (χ0v) is 15.8. The molecule has 7 heteroatoms. The summed E-state index contributed by atoms with van der Waals surface area (Å²) < 4.78 is 16.1. The molecule has 1 aromatic carbocycles. The molecule has 3 N–H and O–H groups in total. The number of amides is 1. The molecule has 0 saturated carbocycles. The van der Waals surface area contributed by atoms with E-state index in [-0.39, 0.29) is 5.91 Å². The van der Waals surface area contributed by atoms with E-state index in [2.05, 4.69) is 10.2 Å². The quantitative estimate of drug-likeness (QED) is 0.637. The van der Waals surface area contributed by atoms with E-state index in [9.17, 15) is 4.79 Å². The van der Waals surface area contributed by atoms with Crippen LogP contribution in [-0.4, -0.2) is 70.0 Å². The lowest BCUT2D eigenvalue weighted by Gasteiger charge is -2.31. The first-order chi connectivity index (χ1) is 12.5. The Hall–Kier alpha value is -1.67. The summed E-state index contributed by atoms with van der Waals surface area (Å²) in [5.74, 6) is 0.678. The third kappa shape index (κ3) is 6.57. The molecule has 1 fully saturated rings. The maximum Gasteiger partial charge on any atom is 0.240 e. The lowest BCUT2D eigenvalue weighted by Crippen LogP contribution is -2.56. The van der Waals surface area contributed by atoms with Gasteiger partial charge in [0, 0.05) is 40.0 Å². The molecule has 0 aliphatic carbocycles. The van der Waals surface area contributed by atoms with Crippen molar-refractivity contribution in [2.45, 2.75) is 24.9 Å². The first-order valence-corrected chi connectivity index (χ1v) is 9.08. The summed E-state index contributed by atoms with van der Waals surface area (Å²) >= 11 is 0. The van der Waals surface area contributed by atoms with Crippen molar-refractivity contribution < 1.29 is 19.0 Å². The third-order valence-corrected chi connectivity index (χ3v) is 4.61. The number of rotatable bonds is 10. The summed E-state index contributed by atoms with van der Waals surface area (Å²) in [4.78, 5) is 14.5. The van der Waals surface area contributed by atoms with Crippen molar-refractivity contribution in [3.05, 3.63) is 29.8 Å². The number of likely N-dealkylation sites (N-methyl/N-ethyl adjacent to an activating group) is 1. The number of hydrogen-bond donors (Lipinski definition) is 2. The van der Waals surface area contributed by atoms with E-state index in [0.29, 0.717) is 45.8 Å². The molecule has 1 aliphatic heterocycles. The maximum atomic E-state index is 12.4. The smallest absolute Gasteiger partial charge is 0.240 e. The van der Waals surface area contributed by atoms with Crippen LogP contribution in [0.1, 0.15) is 18.4 Å². The standard InChI is InChI=1S/C19H31N3O4/c1-22(8-12-24-2)9-13-26-17-5-3-4-16(14-17)15-21-18(23)19(20)6-10-25-11-7-19/h3-5,14H,6-13,15,20H2,1-2H3,(H,21,23). The molecule has 1 saturated heterocycles. The number of nitrogens with one attached hydrogen (secondary N) is 1. The molecule has 0 spiro atoms. The number of carbonyl (C=O) groups is 1. The molecule has 0 radical (unpaired) electrons. The minimum Gasteiger partial charge on any atom is -0.492 e. The van der Waals surface area contributed by atoms with Crippen LogP contribution in [0.2, 0.25) is 0 Å². The minimum absolute atomic E-state index is 0.119. The van der Waals surface area contributed by atoms with Gasteiger partial charge in [0.25, 0.3) is 0 Å². The number of nitrogens with zero attached hydrogens (tertiary/aromatic N) is 1. The molecule has 1 amide bonds. The Kier molecular flexibility index (Phi) is 8.31. The van der Waals surface area contributed by atoms with Crippen molar-refractivity contribution in [2.24, 2.45) is 5.73 Å². The second-order valence-electron chi connectivity index (χ2n) is 6.74. The highest BCUT2D eigenvalue weighted by atomic mass is 16.5. The molecule has 146 valence electrons. The Balaban J connectivity index is 1.76. The fourth-order valence-electron chi connectivity index (χ4n) is 2.74.